The summed E-state index contributed by atoms with van der Waals surface area (Å²) >= 11 is 1.74. The molecule has 25 heavy (non-hydrogen) atoms. The number of likely N-dealkylation sites (tertiary alicyclic amines) is 1. The summed E-state index contributed by atoms with van der Waals surface area (Å²) in [5.74, 6) is -0.0518. The van der Waals surface area contributed by atoms with Gasteiger partial charge in [0.05, 0.1) is 17.0 Å². The van der Waals surface area contributed by atoms with Crippen molar-refractivity contribution in [1.29, 1.82) is 0 Å². The Balaban J connectivity index is 1.79. The molecule has 1 saturated heterocycles. The van der Waals surface area contributed by atoms with Crippen LogP contribution < -0.4 is 0 Å². The predicted octanol–water partition coefficient (Wildman–Crippen LogP) is 3.84. The minimum atomic E-state index is -0.449. The number of hydrogen-bond acceptors (Lipinski definition) is 5. The Hall–Kier alpha value is -1.72. The fourth-order valence-corrected chi connectivity index (χ4v) is 4.55. The van der Waals surface area contributed by atoms with Crippen molar-refractivity contribution in [3.05, 3.63) is 52.0 Å². The van der Waals surface area contributed by atoms with Gasteiger partial charge in [-0.25, -0.2) is 4.98 Å². The van der Waals surface area contributed by atoms with Gasteiger partial charge in [0.1, 0.15) is 0 Å². The first-order valence-corrected chi connectivity index (χ1v) is 9.78. The molecule has 4 nitrogen and oxygen atoms in total. The fourth-order valence-electron chi connectivity index (χ4n) is 3.71. The first-order valence-electron chi connectivity index (χ1n) is 8.96. The van der Waals surface area contributed by atoms with Crippen molar-refractivity contribution in [2.75, 3.05) is 19.7 Å². The summed E-state index contributed by atoms with van der Waals surface area (Å²) in [7, 11) is 0. The van der Waals surface area contributed by atoms with Crippen LogP contribution in [0.4, 0.5) is 0 Å². The Morgan fingerprint density at radius 2 is 2.16 bits per heavy atom. The van der Waals surface area contributed by atoms with Crippen LogP contribution in [0.15, 0.2) is 36.5 Å². The Morgan fingerprint density at radius 1 is 1.36 bits per heavy atom. The highest BCUT2D eigenvalue weighted by Crippen LogP contribution is 2.36. The number of aromatic nitrogens is 1. The number of ether oxygens (including phenoxy) is 1. The normalized spacial score (nSPS) is 21.2. The molecule has 5 heteroatoms. The summed E-state index contributed by atoms with van der Waals surface area (Å²) in [5, 5.41) is 1.09. The van der Waals surface area contributed by atoms with E-state index in [0.29, 0.717) is 6.61 Å². The van der Waals surface area contributed by atoms with Crippen LogP contribution in [-0.4, -0.2) is 35.5 Å². The fraction of sp³-hybridized carbons (Fsp3) is 0.500. The number of esters is 1. The minimum absolute atomic E-state index is 0.0518. The van der Waals surface area contributed by atoms with Gasteiger partial charge < -0.3 is 4.74 Å². The van der Waals surface area contributed by atoms with Crippen LogP contribution in [0.1, 0.15) is 35.2 Å². The van der Waals surface area contributed by atoms with Gasteiger partial charge in [0, 0.05) is 24.2 Å². The number of thiazole rings is 1. The van der Waals surface area contributed by atoms with E-state index >= 15 is 0 Å². The molecule has 2 heterocycles. The lowest BCUT2D eigenvalue weighted by atomic mass is 9.75. The largest absolute Gasteiger partial charge is 0.466 e. The molecule has 0 amide bonds. The standard InChI is InChI=1S/C20H26N2O2S/c1-3-24-19(23)20(12-17-8-5-4-6-9-17)10-7-11-22(15-20)14-18-13-21-16(2)25-18/h4-6,8-9,13H,3,7,10-12,14-15H2,1-2H3/t20-/m1/s1. The highest BCUT2D eigenvalue weighted by molar-refractivity contribution is 7.11. The molecule has 0 bridgehead atoms. The lowest BCUT2D eigenvalue weighted by molar-refractivity contribution is -0.159. The van der Waals surface area contributed by atoms with E-state index < -0.39 is 5.41 Å². The first kappa shape index (κ1) is 18.1. The maximum atomic E-state index is 12.9. The van der Waals surface area contributed by atoms with Crippen LogP contribution >= 0.6 is 11.3 Å². The zero-order valence-corrected chi connectivity index (χ0v) is 15.8. The molecule has 0 aliphatic carbocycles. The van der Waals surface area contributed by atoms with Gasteiger partial charge in [0.25, 0.3) is 0 Å². The van der Waals surface area contributed by atoms with Gasteiger partial charge in [-0.2, -0.15) is 0 Å². The van der Waals surface area contributed by atoms with Crippen LogP contribution in [0.25, 0.3) is 0 Å². The number of benzene rings is 1. The highest BCUT2D eigenvalue weighted by atomic mass is 32.1. The van der Waals surface area contributed by atoms with Gasteiger partial charge in [0.15, 0.2) is 0 Å². The van der Waals surface area contributed by atoms with E-state index in [1.54, 1.807) is 11.3 Å². The number of piperidine rings is 1. The summed E-state index contributed by atoms with van der Waals surface area (Å²) in [5.41, 5.74) is 0.751. The number of carbonyl (C=O) groups is 1. The maximum Gasteiger partial charge on any atom is 0.313 e. The summed E-state index contributed by atoms with van der Waals surface area (Å²) < 4.78 is 5.48. The number of carbonyl (C=O) groups excluding carboxylic acids is 1. The molecule has 0 spiro atoms. The van der Waals surface area contributed by atoms with Crippen molar-refractivity contribution in [2.24, 2.45) is 5.41 Å². The third-order valence-electron chi connectivity index (χ3n) is 4.80. The van der Waals surface area contributed by atoms with Crippen molar-refractivity contribution in [2.45, 2.75) is 39.7 Å². The average Bonchev–Trinajstić information content (AvgIpc) is 3.01. The van der Waals surface area contributed by atoms with Gasteiger partial charge in [0.2, 0.25) is 0 Å². The molecule has 1 aromatic heterocycles. The molecule has 0 radical (unpaired) electrons. The second kappa shape index (κ2) is 8.11. The third-order valence-corrected chi connectivity index (χ3v) is 5.70. The molecule has 134 valence electrons. The molecule has 3 rings (SSSR count). The molecule has 0 saturated carbocycles. The van der Waals surface area contributed by atoms with E-state index in [9.17, 15) is 4.79 Å². The SMILES string of the molecule is CCOC(=O)[C@@]1(Cc2ccccc2)CCCN(Cc2cnc(C)s2)C1. The smallest absolute Gasteiger partial charge is 0.313 e. The molecule has 0 unspecified atom stereocenters. The van der Waals surface area contributed by atoms with E-state index in [-0.39, 0.29) is 5.97 Å². The molecule has 1 atom stereocenters. The summed E-state index contributed by atoms with van der Waals surface area (Å²) in [6.45, 7) is 6.98. The van der Waals surface area contributed by atoms with Crippen molar-refractivity contribution in [3.8, 4) is 0 Å². The summed E-state index contributed by atoms with van der Waals surface area (Å²) in [6.07, 6.45) is 4.60. The van der Waals surface area contributed by atoms with Gasteiger partial charge in [-0.3, -0.25) is 9.69 Å². The monoisotopic (exact) mass is 358 g/mol. The van der Waals surface area contributed by atoms with Gasteiger partial charge in [-0.05, 0) is 45.2 Å². The van der Waals surface area contributed by atoms with E-state index in [2.05, 4.69) is 22.0 Å². The van der Waals surface area contributed by atoms with E-state index in [1.807, 2.05) is 38.2 Å². The second-order valence-corrected chi connectivity index (χ2v) is 8.14. The maximum absolute atomic E-state index is 12.9. The van der Waals surface area contributed by atoms with E-state index in [4.69, 9.17) is 4.74 Å². The molecule has 1 aliphatic rings. The molecule has 1 aromatic carbocycles. The van der Waals surface area contributed by atoms with E-state index in [0.717, 1.165) is 43.9 Å². The topological polar surface area (TPSA) is 42.4 Å². The zero-order chi connectivity index (χ0) is 17.7. The highest BCUT2D eigenvalue weighted by Gasteiger charge is 2.43. The quantitative estimate of drug-likeness (QED) is 0.736. The number of nitrogens with zero attached hydrogens (tertiary/aromatic N) is 2. The molecular formula is C20H26N2O2S. The summed E-state index contributed by atoms with van der Waals surface area (Å²) in [6, 6.07) is 10.3. The van der Waals surface area contributed by atoms with Gasteiger partial charge in [-0.1, -0.05) is 30.3 Å². The van der Waals surface area contributed by atoms with Crippen molar-refractivity contribution >= 4 is 17.3 Å². The van der Waals surface area contributed by atoms with E-state index in [1.165, 1.54) is 10.4 Å². The molecule has 1 fully saturated rings. The molecule has 0 N–H and O–H groups in total. The molecular weight excluding hydrogens is 332 g/mol. The van der Waals surface area contributed by atoms with Crippen molar-refractivity contribution in [1.82, 2.24) is 9.88 Å². The Kier molecular flexibility index (Phi) is 5.86. The zero-order valence-electron chi connectivity index (χ0n) is 15.0. The lowest BCUT2D eigenvalue weighted by Crippen LogP contribution is -2.49. The average molecular weight is 359 g/mol. The van der Waals surface area contributed by atoms with Gasteiger partial charge >= 0.3 is 5.97 Å². The minimum Gasteiger partial charge on any atom is -0.466 e. The number of hydrogen-bond donors (Lipinski definition) is 0. The number of aryl methyl sites for hydroxylation is 1. The Labute approximate surface area is 153 Å². The molecule has 2 aromatic rings. The first-order chi connectivity index (χ1) is 12.1. The Morgan fingerprint density at radius 3 is 2.84 bits per heavy atom. The lowest BCUT2D eigenvalue weighted by Gasteiger charge is -2.41. The third kappa shape index (κ3) is 4.47. The predicted molar refractivity (Wildman–Crippen MR) is 101 cm³/mol. The van der Waals surface area contributed by atoms with Crippen LogP contribution in [0.5, 0.6) is 0 Å². The van der Waals surface area contributed by atoms with Crippen LogP contribution in [0.3, 0.4) is 0 Å². The van der Waals surface area contributed by atoms with Crippen LogP contribution in [0, 0.1) is 12.3 Å². The molecule has 1 aliphatic heterocycles. The van der Waals surface area contributed by atoms with Crippen LogP contribution in [0.2, 0.25) is 0 Å². The van der Waals surface area contributed by atoms with Crippen LogP contribution in [-0.2, 0) is 22.5 Å². The van der Waals surface area contributed by atoms with Crippen molar-refractivity contribution in [3.63, 3.8) is 0 Å². The van der Waals surface area contributed by atoms with Gasteiger partial charge in [-0.15, -0.1) is 11.3 Å². The Bertz CT molecular complexity index is 701. The summed E-state index contributed by atoms with van der Waals surface area (Å²) in [4.78, 5) is 20.9. The van der Waals surface area contributed by atoms with Crippen molar-refractivity contribution < 1.29 is 9.53 Å². The second-order valence-electron chi connectivity index (χ2n) is 6.82. The number of rotatable bonds is 6.